The summed E-state index contributed by atoms with van der Waals surface area (Å²) in [5, 5.41) is 9.26. The van der Waals surface area contributed by atoms with Gasteiger partial charge < -0.3 is 19.6 Å². The predicted molar refractivity (Wildman–Crippen MR) is 138 cm³/mol. The van der Waals surface area contributed by atoms with Gasteiger partial charge >= 0.3 is 17.8 Å². The van der Waals surface area contributed by atoms with Crippen molar-refractivity contribution in [2.24, 2.45) is 0 Å². The lowest BCUT2D eigenvalue weighted by molar-refractivity contribution is -0.144. The van der Waals surface area contributed by atoms with E-state index in [0.29, 0.717) is 5.56 Å². The normalized spacial score (nSPS) is 11.9. The van der Waals surface area contributed by atoms with Gasteiger partial charge in [0.15, 0.2) is 0 Å². The molecule has 0 spiro atoms. The largest absolute Gasteiger partial charge is 0.480 e. The lowest BCUT2D eigenvalue weighted by Gasteiger charge is -2.25. The first-order valence-electron chi connectivity index (χ1n) is 12.0. The summed E-state index contributed by atoms with van der Waals surface area (Å²) in [6.07, 6.45) is 0.621. The van der Waals surface area contributed by atoms with Crippen molar-refractivity contribution in [2.75, 3.05) is 33.3 Å². The van der Waals surface area contributed by atoms with E-state index >= 15 is 0 Å². The predicted octanol–water partition coefficient (Wildman–Crippen LogP) is 1.64. The molecule has 1 aliphatic carbocycles. The highest BCUT2D eigenvalue weighted by Crippen LogP contribution is 2.44. The number of aromatic amines is 1. The zero-order valence-corrected chi connectivity index (χ0v) is 21.0. The van der Waals surface area contributed by atoms with E-state index in [1.165, 1.54) is 24.7 Å². The first kappa shape index (κ1) is 26.4. The molecule has 0 fully saturated rings. The van der Waals surface area contributed by atoms with Gasteiger partial charge in [-0.2, -0.15) is 0 Å². The summed E-state index contributed by atoms with van der Waals surface area (Å²) < 4.78 is 6.74. The summed E-state index contributed by atoms with van der Waals surface area (Å²) in [6.45, 7) is 0.425. The van der Waals surface area contributed by atoms with Crippen LogP contribution in [0.1, 0.15) is 22.6 Å². The van der Waals surface area contributed by atoms with E-state index in [9.17, 15) is 29.1 Å². The Morgan fingerprint density at radius 1 is 1.00 bits per heavy atom. The van der Waals surface area contributed by atoms with Gasteiger partial charge in [-0.1, -0.05) is 48.5 Å². The zero-order valence-electron chi connectivity index (χ0n) is 21.0. The first-order chi connectivity index (χ1) is 18.2. The number of aryl methyl sites for hydroxylation is 1. The molecule has 0 aliphatic heterocycles. The van der Waals surface area contributed by atoms with Crippen molar-refractivity contribution in [3.63, 3.8) is 0 Å². The SMILES string of the molecule is Cc1cn(CCN(CC(=O)O)C(=O)CN(C)C(=O)OCC2c3ccccc3-c3ccccc32)c(=O)[nH]c1=O. The van der Waals surface area contributed by atoms with Crippen molar-refractivity contribution >= 4 is 18.0 Å². The number of likely N-dealkylation sites (N-methyl/N-ethyl adjacent to an activating group) is 1. The number of benzene rings is 2. The minimum Gasteiger partial charge on any atom is -0.480 e. The molecule has 0 unspecified atom stereocenters. The molecule has 4 rings (SSSR count). The Hall–Kier alpha value is -4.67. The highest BCUT2D eigenvalue weighted by Gasteiger charge is 2.30. The van der Waals surface area contributed by atoms with Gasteiger partial charge in [0, 0.05) is 37.8 Å². The lowest BCUT2D eigenvalue weighted by atomic mass is 9.98. The van der Waals surface area contributed by atoms with Gasteiger partial charge in [-0.05, 0) is 29.2 Å². The second kappa shape index (κ2) is 11.2. The van der Waals surface area contributed by atoms with Crippen LogP contribution in [0.2, 0.25) is 0 Å². The Morgan fingerprint density at radius 3 is 2.21 bits per heavy atom. The van der Waals surface area contributed by atoms with Crippen LogP contribution >= 0.6 is 0 Å². The molecule has 2 N–H and O–H groups in total. The molecule has 0 saturated carbocycles. The Labute approximate surface area is 217 Å². The fourth-order valence-corrected chi connectivity index (χ4v) is 4.54. The minimum absolute atomic E-state index is 0.0376. The number of aromatic nitrogens is 2. The minimum atomic E-state index is -1.24. The van der Waals surface area contributed by atoms with Crippen molar-refractivity contribution in [3.8, 4) is 11.1 Å². The molecule has 11 heteroatoms. The average molecular weight is 521 g/mol. The van der Waals surface area contributed by atoms with E-state index in [2.05, 4.69) is 4.98 Å². The monoisotopic (exact) mass is 520 g/mol. The van der Waals surface area contributed by atoms with E-state index < -0.39 is 42.3 Å². The molecule has 38 heavy (non-hydrogen) atoms. The quantitative estimate of drug-likeness (QED) is 0.437. The molecule has 1 aliphatic rings. The van der Waals surface area contributed by atoms with Crippen molar-refractivity contribution in [2.45, 2.75) is 19.4 Å². The number of H-pyrrole nitrogens is 1. The van der Waals surface area contributed by atoms with Crippen LogP contribution < -0.4 is 11.2 Å². The Balaban J connectivity index is 1.38. The number of carbonyl (C=O) groups is 3. The van der Waals surface area contributed by atoms with Crippen LogP contribution in [0.4, 0.5) is 4.79 Å². The molecule has 0 saturated heterocycles. The number of hydrogen-bond donors (Lipinski definition) is 2. The standard InChI is InChI=1S/C27H28N4O7/c1-17-13-31(26(36)28-25(17)35)12-11-30(15-24(33)34)23(32)14-29(2)27(37)38-16-22-20-9-5-3-7-18(20)19-8-4-6-10-21(19)22/h3-10,13,22H,11-12,14-16H2,1-2H3,(H,33,34)(H,28,35,36). The van der Waals surface area contributed by atoms with Crippen LogP contribution in [0.25, 0.3) is 11.1 Å². The third-order valence-electron chi connectivity index (χ3n) is 6.50. The van der Waals surface area contributed by atoms with Crippen molar-refractivity contribution in [1.82, 2.24) is 19.4 Å². The van der Waals surface area contributed by atoms with E-state index in [-0.39, 0.29) is 25.6 Å². The molecule has 2 amide bonds. The fourth-order valence-electron chi connectivity index (χ4n) is 4.54. The maximum Gasteiger partial charge on any atom is 0.409 e. The van der Waals surface area contributed by atoms with Crippen LogP contribution in [0.15, 0.2) is 64.3 Å². The number of carboxylic acids is 1. The zero-order chi connectivity index (χ0) is 27.4. The number of carbonyl (C=O) groups excluding carboxylic acids is 2. The molecular formula is C27H28N4O7. The van der Waals surface area contributed by atoms with Gasteiger partial charge in [0.05, 0.1) is 0 Å². The molecule has 1 aromatic heterocycles. The molecule has 11 nitrogen and oxygen atoms in total. The van der Waals surface area contributed by atoms with Gasteiger partial charge in [0.25, 0.3) is 5.56 Å². The molecule has 3 aromatic rings. The van der Waals surface area contributed by atoms with Crippen LogP contribution in [0, 0.1) is 6.92 Å². The molecule has 1 heterocycles. The average Bonchev–Trinajstić information content (AvgIpc) is 3.21. The molecular weight excluding hydrogens is 492 g/mol. The fraction of sp³-hybridized carbons (Fsp3) is 0.296. The van der Waals surface area contributed by atoms with Gasteiger partial charge in [0.1, 0.15) is 19.7 Å². The molecule has 0 radical (unpaired) electrons. The van der Waals surface area contributed by atoms with E-state index in [4.69, 9.17) is 4.74 Å². The maximum absolute atomic E-state index is 12.9. The number of nitrogens with zero attached hydrogens (tertiary/aromatic N) is 3. The molecule has 0 bridgehead atoms. The summed E-state index contributed by atoms with van der Waals surface area (Å²) in [5.74, 6) is -2.01. The Morgan fingerprint density at radius 2 is 1.61 bits per heavy atom. The Kier molecular flexibility index (Phi) is 7.75. The van der Waals surface area contributed by atoms with Gasteiger partial charge in [-0.25, -0.2) is 9.59 Å². The molecule has 0 atom stereocenters. The second-order valence-corrected chi connectivity index (χ2v) is 9.13. The van der Waals surface area contributed by atoms with E-state index in [0.717, 1.165) is 32.1 Å². The van der Waals surface area contributed by atoms with Crippen LogP contribution in [0.5, 0.6) is 0 Å². The van der Waals surface area contributed by atoms with E-state index in [1.807, 2.05) is 48.5 Å². The van der Waals surface area contributed by atoms with Crippen LogP contribution in [-0.2, 0) is 20.9 Å². The van der Waals surface area contributed by atoms with Crippen molar-refractivity contribution < 1.29 is 24.2 Å². The first-order valence-corrected chi connectivity index (χ1v) is 12.0. The van der Waals surface area contributed by atoms with E-state index in [1.54, 1.807) is 0 Å². The number of rotatable bonds is 9. The third kappa shape index (κ3) is 5.66. The summed E-state index contributed by atoms with van der Waals surface area (Å²) in [5.41, 5.74) is 3.41. The molecule has 2 aromatic carbocycles. The maximum atomic E-state index is 12.9. The highest BCUT2D eigenvalue weighted by atomic mass is 16.6. The Bertz CT molecular complexity index is 1450. The number of fused-ring (bicyclic) bond motifs is 3. The smallest absolute Gasteiger partial charge is 0.409 e. The van der Waals surface area contributed by atoms with Gasteiger partial charge in [0.2, 0.25) is 5.91 Å². The summed E-state index contributed by atoms with van der Waals surface area (Å²) >= 11 is 0. The third-order valence-corrected chi connectivity index (χ3v) is 6.50. The second-order valence-electron chi connectivity index (χ2n) is 9.13. The van der Waals surface area contributed by atoms with Crippen LogP contribution in [0.3, 0.4) is 0 Å². The number of ether oxygens (including phenoxy) is 1. The lowest BCUT2D eigenvalue weighted by Crippen LogP contribution is -2.45. The van der Waals surface area contributed by atoms with Gasteiger partial charge in [-0.15, -0.1) is 0 Å². The summed E-state index contributed by atoms with van der Waals surface area (Å²) in [6, 6.07) is 15.8. The number of aliphatic carboxylic acids is 1. The summed E-state index contributed by atoms with van der Waals surface area (Å²) in [7, 11) is 1.39. The number of carboxylic acid groups (broad SMARTS) is 1. The van der Waals surface area contributed by atoms with Gasteiger partial charge in [-0.3, -0.25) is 23.9 Å². The molecule has 198 valence electrons. The van der Waals surface area contributed by atoms with Crippen molar-refractivity contribution in [1.29, 1.82) is 0 Å². The van der Waals surface area contributed by atoms with Crippen molar-refractivity contribution in [3.05, 3.63) is 92.3 Å². The number of amides is 2. The number of nitrogens with one attached hydrogen (secondary N) is 1. The summed E-state index contributed by atoms with van der Waals surface area (Å²) in [4.78, 5) is 64.8. The van der Waals surface area contributed by atoms with Crippen LogP contribution in [-0.4, -0.2) is 75.7 Å². The highest BCUT2D eigenvalue weighted by molar-refractivity contribution is 5.85. The number of hydrogen-bond acceptors (Lipinski definition) is 6. The topological polar surface area (TPSA) is 142 Å².